The lowest BCUT2D eigenvalue weighted by atomic mass is 10.1. The molecular weight excluding hydrogens is 242 g/mol. The topological polar surface area (TPSA) is 41.6 Å². The molecule has 0 aliphatic carbocycles. The van der Waals surface area contributed by atoms with Gasteiger partial charge < -0.3 is 0 Å². The second-order valence-corrected chi connectivity index (χ2v) is 5.12. The minimum atomic E-state index is 0. The summed E-state index contributed by atoms with van der Waals surface area (Å²) in [7, 11) is 0. The Morgan fingerprint density at radius 2 is 1.72 bits per heavy atom. The number of aromatic nitrogens is 3. The van der Waals surface area contributed by atoms with Gasteiger partial charge in [-0.05, 0) is 12.0 Å². The summed E-state index contributed by atoms with van der Waals surface area (Å²) in [6.07, 6.45) is 3.62. The highest BCUT2D eigenvalue weighted by atomic mass is 32.1. The molecule has 0 atom stereocenters. The molecule has 2 heterocycles. The molecule has 4 heteroatoms. The van der Waals surface area contributed by atoms with E-state index in [4.69, 9.17) is 0 Å². The van der Waals surface area contributed by atoms with Crippen molar-refractivity contribution in [3.05, 3.63) is 34.5 Å². The maximum atomic E-state index is 4.13. The van der Waals surface area contributed by atoms with Crippen LogP contribution in [0.4, 0.5) is 0 Å². The van der Waals surface area contributed by atoms with E-state index in [-0.39, 0.29) is 14.9 Å². The molecule has 0 spiro atoms. The fourth-order valence-electron chi connectivity index (χ4n) is 1.11. The quantitative estimate of drug-likeness (QED) is 0.826. The fraction of sp³-hybridized carbons (Fsp3) is 0.571. The summed E-state index contributed by atoms with van der Waals surface area (Å²) in [5.74, 6) is 1.16. The number of nitrogens with zero attached hydrogens (tertiary/aromatic N) is 2. The third-order valence-corrected chi connectivity index (χ3v) is 3.17. The van der Waals surface area contributed by atoms with Crippen LogP contribution < -0.4 is 0 Å². The van der Waals surface area contributed by atoms with Gasteiger partial charge in [0.1, 0.15) is 0 Å². The van der Waals surface area contributed by atoms with Gasteiger partial charge in [-0.25, -0.2) is 4.98 Å². The first-order chi connectivity index (χ1) is 7.61. The first kappa shape index (κ1) is 19.2. The second kappa shape index (κ2) is 9.83. The smallest absolute Gasteiger partial charge is 0.0950 e. The van der Waals surface area contributed by atoms with Crippen LogP contribution in [-0.2, 0) is 0 Å². The molecular formula is C14H27N3S. The lowest BCUT2D eigenvalue weighted by Crippen LogP contribution is -1.85. The van der Waals surface area contributed by atoms with Crippen molar-refractivity contribution < 1.29 is 0 Å². The number of hydrogen-bond donors (Lipinski definition) is 1. The van der Waals surface area contributed by atoms with Crippen LogP contribution in [0.15, 0.2) is 23.8 Å². The Bertz CT molecular complexity index is 325. The molecule has 0 aliphatic heterocycles. The summed E-state index contributed by atoms with van der Waals surface area (Å²) >= 11 is 1.72. The van der Waals surface area contributed by atoms with Crippen molar-refractivity contribution in [3.8, 4) is 0 Å². The third kappa shape index (κ3) is 6.55. The molecule has 1 N–H and O–H groups in total. The number of nitrogens with one attached hydrogen (secondary N) is 1. The highest BCUT2D eigenvalue weighted by molar-refractivity contribution is 7.09. The van der Waals surface area contributed by atoms with Gasteiger partial charge in [-0.15, -0.1) is 11.3 Å². The van der Waals surface area contributed by atoms with Gasteiger partial charge in [-0.1, -0.05) is 42.5 Å². The Balaban J connectivity index is 0. The van der Waals surface area contributed by atoms with Gasteiger partial charge in [-0.3, -0.25) is 5.10 Å². The van der Waals surface area contributed by atoms with E-state index in [0.717, 1.165) is 0 Å². The van der Waals surface area contributed by atoms with Crippen LogP contribution in [-0.4, -0.2) is 15.2 Å². The molecule has 0 aromatic carbocycles. The van der Waals surface area contributed by atoms with Gasteiger partial charge in [0.2, 0.25) is 0 Å². The highest BCUT2D eigenvalue weighted by Gasteiger charge is 1.98. The van der Waals surface area contributed by atoms with Crippen LogP contribution in [0.1, 0.15) is 65.1 Å². The molecule has 0 aliphatic rings. The van der Waals surface area contributed by atoms with E-state index < -0.39 is 0 Å². The molecule has 18 heavy (non-hydrogen) atoms. The molecule has 2 aromatic rings. The SMILES string of the molecule is C.C.CC(C)c1ccn[nH]1.CC(C)c1nccs1. The molecule has 0 radical (unpaired) electrons. The van der Waals surface area contributed by atoms with Crippen molar-refractivity contribution >= 4 is 11.3 Å². The Labute approximate surface area is 116 Å². The van der Waals surface area contributed by atoms with Crippen molar-refractivity contribution in [3.63, 3.8) is 0 Å². The summed E-state index contributed by atoms with van der Waals surface area (Å²) < 4.78 is 0. The van der Waals surface area contributed by atoms with Gasteiger partial charge in [0.05, 0.1) is 5.01 Å². The van der Waals surface area contributed by atoms with E-state index in [1.54, 1.807) is 17.5 Å². The molecule has 2 aromatic heterocycles. The van der Waals surface area contributed by atoms with Crippen molar-refractivity contribution in [1.29, 1.82) is 0 Å². The Morgan fingerprint density at radius 1 is 1.06 bits per heavy atom. The van der Waals surface area contributed by atoms with Gasteiger partial charge in [0.15, 0.2) is 0 Å². The number of rotatable bonds is 2. The van der Waals surface area contributed by atoms with Gasteiger partial charge in [-0.2, -0.15) is 5.10 Å². The van der Waals surface area contributed by atoms with Crippen molar-refractivity contribution in [2.24, 2.45) is 0 Å². The monoisotopic (exact) mass is 269 g/mol. The molecule has 0 fully saturated rings. The Morgan fingerprint density at radius 3 is 1.94 bits per heavy atom. The lowest BCUT2D eigenvalue weighted by Gasteiger charge is -1.95. The largest absolute Gasteiger partial charge is 0.282 e. The van der Waals surface area contributed by atoms with Gasteiger partial charge in [0.25, 0.3) is 0 Å². The average molecular weight is 269 g/mol. The van der Waals surface area contributed by atoms with E-state index in [1.807, 2.05) is 17.6 Å². The summed E-state index contributed by atoms with van der Waals surface area (Å²) in [4.78, 5) is 4.13. The summed E-state index contributed by atoms with van der Waals surface area (Å²) in [5.41, 5.74) is 1.20. The molecule has 0 bridgehead atoms. The predicted octanol–water partition coefficient (Wildman–Crippen LogP) is 5.07. The Hall–Kier alpha value is -1.16. The lowest BCUT2D eigenvalue weighted by molar-refractivity contribution is 0.810. The minimum absolute atomic E-state index is 0. The maximum absolute atomic E-state index is 4.13. The first-order valence-electron chi connectivity index (χ1n) is 5.50. The zero-order valence-corrected chi connectivity index (χ0v) is 11.1. The highest BCUT2D eigenvalue weighted by Crippen LogP contribution is 2.15. The van der Waals surface area contributed by atoms with E-state index in [2.05, 4.69) is 42.9 Å². The van der Waals surface area contributed by atoms with Crippen molar-refractivity contribution in [2.75, 3.05) is 0 Å². The average Bonchev–Trinajstić information content (AvgIpc) is 2.93. The molecule has 0 saturated carbocycles. The van der Waals surface area contributed by atoms with Gasteiger partial charge >= 0.3 is 0 Å². The summed E-state index contributed by atoms with van der Waals surface area (Å²) in [5, 5.41) is 9.94. The van der Waals surface area contributed by atoms with E-state index >= 15 is 0 Å². The zero-order valence-electron chi connectivity index (χ0n) is 10.3. The molecule has 0 unspecified atom stereocenters. The van der Waals surface area contributed by atoms with Crippen LogP contribution in [0, 0.1) is 0 Å². The van der Waals surface area contributed by atoms with E-state index in [9.17, 15) is 0 Å². The van der Waals surface area contributed by atoms with Crippen LogP contribution in [0.25, 0.3) is 0 Å². The molecule has 104 valence electrons. The van der Waals surface area contributed by atoms with Crippen LogP contribution in [0.3, 0.4) is 0 Å². The van der Waals surface area contributed by atoms with Crippen LogP contribution in [0.2, 0.25) is 0 Å². The maximum Gasteiger partial charge on any atom is 0.0950 e. The van der Waals surface area contributed by atoms with E-state index in [1.165, 1.54) is 10.7 Å². The molecule has 3 nitrogen and oxygen atoms in total. The van der Waals surface area contributed by atoms with Crippen molar-refractivity contribution in [1.82, 2.24) is 15.2 Å². The summed E-state index contributed by atoms with van der Waals surface area (Å²) in [6, 6.07) is 1.99. The standard InChI is InChI=1S/C6H10N2.C6H9NS.2CH4/c1-5(2)6-3-4-7-8-6;1-5(2)6-7-3-4-8-6;;/h3-5H,1-2H3,(H,7,8);3-5H,1-2H3;2*1H4. The molecule has 0 amide bonds. The number of H-pyrrole nitrogens is 1. The summed E-state index contributed by atoms with van der Waals surface area (Å²) in [6.45, 7) is 8.57. The first-order valence-corrected chi connectivity index (χ1v) is 6.38. The predicted molar refractivity (Wildman–Crippen MR) is 82.3 cm³/mol. The fourth-order valence-corrected chi connectivity index (χ4v) is 1.76. The van der Waals surface area contributed by atoms with Crippen molar-refractivity contribution in [2.45, 2.75) is 54.4 Å². The van der Waals surface area contributed by atoms with Crippen LogP contribution in [0.5, 0.6) is 0 Å². The van der Waals surface area contributed by atoms with E-state index in [0.29, 0.717) is 11.8 Å². The second-order valence-electron chi connectivity index (χ2n) is 4.19. The molecule has 2 rings (SSSR count). The Kier molecular flexibility index (Phi) is 10.5. The van der Waals surface area contributed by atoms with Gasteiger partial charge in [0, 0.05) is 29.4 Å². The number of thiazole rings is 1. The minimum Gasteiger partial charge on any atom is -0.282 e. The van der Waals surface area contributed by atoms with Crippen LogP contribution >= 0.6 is 11.3 Å². The third-order valence-electron chi connectivity index (χ3n) is 2.09. The normalized spacial score (nSPS) is 9.22. The number of hydrogen-bond acceptors (Lipinski definition) is 3. The zero-order chi connectivity index (χ0) is 12.0. The molecule has 0 saturated heterocycles. The number of aromatic amines is 1.